The number of thioether (sulfide) groups is 1. The maximum absolute atomic E-state index is 5.47. The lowest BCUT2D eigenvalue weighted by Crippen LogP contribution is -2.25. The third-order valence-electron chi connectivity index (χ3n) is 4.08. The van der Waals surface area contributed by atoms with E-state index in [-0.39, 0.29) is 5.60 Å². The van der Waals surface area contributed by atoms with Crippen LogP contribution in [0.2, 0.25) is 0 Å². The molecule has 1 aliphatic rings. The van der Waals surface area contributed by atoms with Gasteiger partial charge in [0.1, 0.15) is 0 Å². The number of rotatable bonds is 7. The molecular weight excluding hydrogens is 266 g/mol. The third kappa shape index (κ3) is 4.71. The summed E-state index contributed by atoms with van der Waals surface area (Å²) in [7, 11) is 1.78. The van der Waals surface area contributed by atoms with Gasteiger partial charge in [-0.1, -0.05) is 25.0 Å². The monoisotopic (exact) mass is 293 g/mol. The zero-order valence-corrected chi connectivity index (χ0v) is 13.8. The molecule has 2 nitrogen and oxygen atoms in total. The average Bonchev–Trinajstić information content (AvgIpc) is 2.93. The van der Waals surface area contributed by atoms with Crippen LogP contribution in [0.5, 0.6) is 0 Å². The first-order chi connectivity index (χ1) is 9.61. The second-order valence-electron chi connectivity index (χ2n) is 6.16. The minimum Gasteiger partial charge on any atom is -0.384 e. The first-order valence-electron chi connectivity index (χ1n) is 7.65. The van der Waals surface area contributed by atoms with Crippen LogP contribution in [0.1, 0.15) is 46.0 Å². The van der Waals surface area contributed by atoms with E-state index >= 15 is 0 Å². The van der Waals surface area contributed by atoms with Crippen molar-refractivity contribution in [3.8, 4) is 0 Å². The Balaban J connectivity index is 1.90. The number of para-hydroxylation sites is 1. The Hall–Kier alpha value is -0.670. The molecule has 1 aliphatic carbocycles. The molecule has 0 spiro atoms. The molecular formula is C17H27NOS. The van der Waals surface area contributed by atoms with E-state index < -0.39 is 0 Å². The topological polar surface area (TPSA) is 21.3 Å². The molecule has 1 fully saturated rings. The molecule has 1 aromatic rings. The van der Waals surface area contributed by atoms with Crippen molar-refractivity contribution in [2.75, 3.05) is 19.0 Å². The smallest absolute Gasteiger partial charge is 0.0639 e. The Labute approximate surface area is 127 Å². The zero-order chi connectivity index (χ0) is 14.4. The minimum absolute atomic E-state index is 0.0550. The second kappa shape index (κ2) is 7.37. The molecule has 0 radical (unpaired) electrons. The molecule has 0 saturated heterocycles. The predicted molar refractivity (Wildman–Crippen MR) is 88.7 cm³/mol. The van der Waals surface area contributed by atoms with Crippen molar-refractivity contribution in [3.05, 3.63) is 24.3 Å². The van der Waals surface area contributed by atoms with E-state index in [9.17, 15) is 0 Å². The van der Waals surface area contributed by atoms with Gasteiger partial charge in [0.15, 0.2) is 0 Å². The molecule has 1 N–H and O–H groups in total. The lowest BCUT2D eigenvalue weighted by Gasteiger charge is -2.23. The highest BCUT2D eigenvalue weighted by Gasteiger charge is 2.18. The Morgan fingerprint density at radius 2 is 1.95 bits per heavy atom. The van der Waals surface area contributed by atoms with E-state index in [1.165, 1.54) is 36.3 Å². The summed E-state index contributed by atoms with van der Waals surface area (Å²) < 4.78 is 5.47. The molecule has 3 heteroatoms. The van der Waals surface area contributed by atoms with E-state index in [4.69, 9.17) is 4.74 Å². The number of hydrogen-bond acceptors (Lipinski definition) is 3. The minimum atomic E-state index is -0.0550. The van der Waals surface area contributed by atoms with Crippen molar-refractivity contribution in [1.29, 1.82) is 0 Å². The SMILES string of the molecule is COC(C)(C)CCNc1ccccc1SC1CCCC1. The van der Waals surface area contributed by atoms with Gasteiger partial charge in [-0.05, 0) is 45.2 Å². The van der Waals surface area contributed by atoms with Crippen LogP contribution in [-0.2, 0) is 4.74 Å². The number of benzene rings is 1. The Bertz CT molecular complexity index is 413. The molecule has 0 aromatic heterocycles. The van der Waals surface area contributed by atoms with Crippen LogP contribution >= 0.6 is 11.8 Å². The van der Waals surface area contributed by atoms with Gasteiger partial charge in [-0.3, -0.25) is 0 Å². The van der Waals surface area contributed by atoms with Crippen LogP contribution in [0.15, 0.2) is 29.2 Å². The summed E-state index contributed by atoms with van der Waals surface area (Å²) in [6.45, 7) is 5.21. The van der Waals surface area contributed by atoms with Gasteiger partial charge in [-0.2, -0.15) is 0 Å². The van der Waals surface area contributed by atoms with Crippen LogP contribution in [0, 0.1) is 0 Å². The van der Waals surface area contributed by atoms with Crippen LogP contribution in [0.3, 0.4) is 0 Å². The van der Waals surface area contributed by atoms with Crippen molar-refractivity contribution in [2.45, 2.75) is 61.7 Å². The molecule has 0 bridgehead atoms. The van der Waals surface area contributed by atoms with Crippen LogP contribution in [0.25, 0.3) is 0 Å². The van der Waals surface area contributed by atoms with E-state index in [0.29, 0.717) is 0 Å². The van der Waals surface area contributed by atoms with Crippen molar-refractivity contribution in [2.24, 2.45) is 0 Å². The highest BCUT2D eigenvalue weighted by Crippen LogP contribution is 2.38. The van der Waals surface area contributed by atoms with Crippen molar-refractivity contribution in [3.63, 3.8) is 0 Å². The Kier molecular flexibility index (Phi) is 5.79. The summed E-state index contributed by atoms with van der Waals surface area (Å²) in [6.07, 6.45) is 6.54. The summed E-state index contributed by atoms with van der Waals surface area (Å²) >= 11 is 2.05. The molecule has 0 unspecified atom stereocenters. The van der Waals surface area contributed by atoms with Gasteiger partial charge in [-0.15, -0.1) is 11.8 Å². The summed E-state index contributed by atoms with van der Waals surface area (Å²) in [5.74, 6) is 0. The molecule has 2 rings (SSSR count). The fraction of sp³-hybridized carbons (Fsp3) is 0.647. The van der Waals surface area contributed by atoms with E-state index in [1.54, 1.807) is 7.11 Å². The fourth-order valence-electron chi connectivity index (χ4n) is 2.50. The van der Waals surface area contributed by atoms with Crippen molar-refractivity contribution in [1.82, 2.24) is 0 Å². The number of hydrogen-bond donors (Lipinski definition) is 1. The molecule has 1 saturated carbocycles. The first-order valence-corrected chi connectivity index (χ1v) is 8.53. The number of ether oxygens (including phenoxy) is 1. The second-order valence-corrected chi connectivity index (χ2v) is 7.50. The van der Waals surface area contributed by atoms with Gasteiger partial charge < -0.3 is 10.1 Å². The zero-order valence-electron chi connectivity index (χ0n) is 12.9. The Morgan fingerprint density at radius 3 is 2.65 bits per heavy atom. The summed E-state index contributed by atoms with van der Waals surface area (Å²) in [4.78, 5) is 1.40. The van der Waals surface area contributed by atoms with Gasteiger partial charge in [0.25, 0.3) is 0 Å². The molecule has 0 amide bonds. The van der Waals surface area contributed by atoms with Gasteiger partial charge in [0.2, 0.25) is 0 Å². The highest BCUT2D eigenvalue weighted by atomic mass is 32.2. The van der Waals surface area contributed by atoms with Crippen LogP contribution < -0.4 is 5.32 Å². The number of anilines is 1. The molecule has 20 heavy (non-hydrogen) atoms. The molecule has 0 heterocycles. The largest absolute Gasteiger partial charge is 0.384 e. The van der Waals surface area contributed by atoms with Crippen LogP contribution in [0.4, 0.5) is 5.69 Å². The first kappa shape index (κ1) is 15.7. The normalized spacial score (nSPS) is 16.6. The molecule has 0 atom stereocenters. The van der Waals surface area contributed by atoms with Crippen LogP contribution in [-0.4, -0.2) is 24.5 Å². The fourth-order valence-corrected chi connectivity index (χ4v) is 3.85. The predicted octanol–water partition coefficient (Wildman–Crippen LogP) is 4.95. The van der Waals surface area contributed by atoms with Gasteiger partial charge in [-0.25, -0.2) is 0 Å². The quantitative estimate of drug-likeness (QED) is 0.768. The highest BCUT2D eigenvalue weighted by molar-refractivity contribution is 8.00. The van der Waals surface area contributed by atoms with Crippen molar-refractivity contribution >= 4 is 17.4 Å². The maximum Gasteiger partial charge on any atom is 0.0639 e. The summed E-state index contributed by atoms with van der Waals surface area (Å²) in [5.41, 5.74) is 1.22. The van der Waals surface area contributed by atoms with E-state index in [0.717, 1.165) is 18.2 Å². The van der Waals surface area contributed by atoms with Gasteiger partial charge in [0, 0.05) is 29.5 Å². The lowest BCUT2D eigenvalue weighted by molar-refractivity contribution is 0.0185. The Morgan fingerprint density at radius 1 is 1.25 bits per heavy atom. The molecule has 1 aromatic carbocycles. The molecule has 112 valence electrons. The number of nitrogens with one attached hydrogen (secondary N) is 1. The van der Waals surface area contributed by atoms with E-state index in [1.807, 2.05) is 11.8 Å². The summed E-state index contributed by atoms with van der Waals surface area (Å²) in [6, 6.07) is 8.69. The summed E-state index contributed by atoms with van der Waals surface area (Å²) in [5, 5.41) is 4.39. The van der Waals surface area contributed by atoms with Gasteiger partial charge >= 0.3 is 0 Å². The lowest BCUT2D eigenvalue weighted by atomic mass is 10.1. The van der Waals surface area contributed by atoms with Gasteiger partial charge in [0.05, 0.1) is 5.60 Å². The number of methoxy groups -OCH3 is 1. The molecule has 0 aliphatic heterocycles. The van der Waals surface area contributed by atoms with E-state index in [2.05, 4.69) is 43.4 Å². The maximum atomic E-state index is 5.47. The third-order valence-corrected chi connectivity index (χ3v) is 5.49. The van der Waals surface area contributed by atoms with Crippen molar-refractivity contribution < 1.29 is 4.74 Å². The standard InChI is InChI=1S/C17H27NOS/c1-17(2,19-3)12-13-18-15-10-6-7-11-16(15)20-14-8-4-5-9-14/h6-7,10-11,14,18H,4-5,8-9,12-13H2,1-3H3. The average molecular weight is 293 g/mol.